The molecular weight excluding hydrogens is 476 g/mol. The number of esters is 2. The van der Waals surface area contributed by atoms with E-state index in [1.54, 1.807) is 0 Å². The summed E-state index contributed by atoms with van der Waals surface area (Å²) in [5.41, 5.74) is 2.40. The molecule has 11 nitrogen and oxygen atoms in total. The van der Waals surface area contributed by atoms with Gasteiger partial charge in [-0.3, -0.25) is 14.7 Å². The van der Waals surface area contributed by atoms with Crippen molar-refractivity contribution in [3.05, 3.63) is 65.1 Å². The number of hydrogen-bond acceptors (Lipinski definition) is 9. The number of para-hydroxylation sites is 1. The molecule has 1 aliphatic rings. The van der Waals surface area contributed by atoms with E-state index in [0.717, 1.165) is 22.2 Å². The fourth-order valence-corrected chi connectivity index (χ4v) is 4.49. The molecule has 2 aromatic heterocycles. The van der Waals surface area contributed by atoms with E-state index in [0.29, 0.717) is 19.5 Å². The average Bonchev–Trinajstić information content (AvgIpc) is 3.55. The number of methoxy groups -OCH3 is 2. The molecule has 1 saturated heterocycles. The number of aromatic nitrogens is 4. The van der Waals surface area contributed by atoms with Gasteiger partial charge in [-0.1, -0.05) is 41.1 Å². The van der Waals surface area contributed by atoms with E-state index in [2.05, 4.69) is 20.6 Å². The molecule has 0 aliphatic carbocycles. The van der Waals surface area contributed by atoms with Crippen molar-refractivity contribution in [2.45, 2.75) is 38.9 Å². The van der Waals surface area contributed by atoms with Crippen LogP contribution >= 0.6 is 0 Å². The van der Waals surface area contributed by atoms with E-state index in [4.69, 9.17) is 9.47 Å². The highest BCUT2D eigenvalue weighted by Crippen LogP contribution is 2.30. The number of carbonyl (C=O) groups is 3. The molecule has 1 amide bonds. The molecule has 11 heteroatoms. The molecule has 1 aromatic carbocycles. The van der Waals surface area contributed by atoms with Gasteiger partial charge in [-0.2, -0.15) is 0 Å². The number of ether oxygens (including phenoxy) is 2. The summed E-state index contributed by atoms with van der Waals surface area (Å²) in [6, 6.07) is 10.8. The van der Waals surface area contributed by atoms with Gasteiger partial charge >= 0.3 is 11.9 Å². The minimum Gasteiger partial charge on any atom is -0.464 e. The monoisotopic (exact) mass is 506 g/mol. The van der Waals surface area contributed by atoms with Gasteiger partial charge < -0.3 is 14.8 Å². The maximum Gasteiger partial charge on any atom is 0.361 e. The van der Waals surface area contributed by atoms with Crippen molar-refractivity contribution in [3.63, 3.8) is 0 Å². The first-order chi connectivity index (χ1) is 17.9. The first kappa shape index (κ1) is 26.0. The van der Waals surface area contributed by atoms with Crippen LogP contribution < -0.4 is 5.32 Å². The Balaban J connectivity index is 1.56. The molecular formula is C26H30N6O5. The molecule has 0 saturated carbocycles. The zero-order valence-corrected chi connectivity index (χ0v) is 21.3. The third kappa shape index (κ3) is 5.51. The third-order valence-corrected chi connectivity index (χ3v) is 6.53. The zero-order valence-electron chi connectivity index (χ0n) is 21.3. The highest BCUT2D eigenvalue weighted by atomic mass is 16.5. The number of nitrogens with one attached hydrogen (secondary N) is 1. The fraction of sp³-hybridized carbons (Fsp3) is 0.385. The maximum atomic E-state index is 13.4. The predicted molar refractivity (Wildman–Crippen MR) is 135 cm³/mol. The molecule has 1 aliphatic heterocycles. The quantitative estimate of drug-likeness (QED) is 0.361. The lowest BCUT2D eigenvalue weighted by Crippen LogP contribution is -2.43. The van der Waals surface area contributed by atoms with Gasteiger partial charge in [0.15, 0.2) is 5.69 Å². The van der Waals surface area contributed by atoms with E-state index in [1.165, 1.54) is 18.9 Å². The van der Waals surface area contributed by atoms with Gasteiger partial charge in [0, 0.05) is 18.5 Å². The molecule has 3 aromatic rings. The van der Waals surface area contributed by atoms with E-state index in [1.807, 2.05) is 61.2 Å². The number of allylic oxidation sites excluding steroid dienone is 1. The molecule has 1 N–H and O–H groups in total. The highest BCUT2D eigenvalue weighted by molar-refractivity contribution is 6.00. The second-order valence-corrected chi connectivity index (χ2v) is 8.90. The summed E-state index contributed by atoms with van der Waals surface area (Å²) in [5, 5.41) is 12.0. The van der Waals surface area contributed by atoms with Crippen molar-refractivity contribution in [2.24, 2.45) is 0 Å². The summed E-state index contributed by atoms with van der Waals surface area (Å²) in [4.78, 5) is 44.7. The van der Waals surface area contributed by atoms with Crippen molar-refractivity contribution < 1.29 is 23.9 Å². The van der Waals surface area contributed by atoms with Gasteiger partial charge in [0.2, 0.25) is 11.6 Å². The fourth-order valence-electron chi connectivity index (χ4n) is 4.49. The SMILES string of the molecule is CC=C(C)CN1C[C@@H](n2nnc(C(=O)OC)c2C(=O)OC)C[C@H]1C(=O)NCc1ccc2ccccc2n1. The lowest BCUT2D eigenvalue weighted by molar-refractivity contribution is -0.125. The zero-order chi connectivity index (χ0) is 26.5. The van der Waals surface area contributed by atoms with Crippen LogP contribution in [0.5, 0.6) is 0 Å². The molecule has 194 valence electrons. The molecule has 0 bridgehead atoms. The van der Waals surface area contributed by atoms with Gasteiger partial charge in [0.05, 0.1) is 44.1 Å². The molecule has 2 atom stereocenters. The number of rotatable bonds is 8. The van der Waals surface area contributed by atoms with Crippen molar-refractivity contribution in [1.29, 1.82) is 0 Å². The number of hydrogen-bond donors (Lipinski definition) is 1. The van der Waals surface area contributed by atoms with Crippen LogP contribution in [-0.4, -0.2) is 76.1 Å². The Hall–Kier alpha value is -4.12. The number of nitrogens with zero attached hydrogens (tertiary/aromatic N) is 5. The summed E-state index contributed by atoms with van der Waals surface area (Å²) in [6.45, 7) is 5.20. The summed E-state index contributed by atoms with van der Waals surface area (Å²) >= 11 is 0. The third-order valence-electron chi connectivity index (χ3n) is 6.53. The van der Waals surface area contributed by atoms with Crippen LogP contribution in [0.1, 0.15) is 53.0 Å². The molecule has 0 unspecified atom stereocenters. The van der Waals surface area contributed by atoms with Gasteiger partial charge in [0.25, 0.3) is 0 Å². The Bertz CT molecular complexity index is 1350. The number of amides is 1. The summed E-state index contributed by atoms with van der Waals surface area (Å²) in [7, 11) is 2.42. The van der Waals surface area contributed by atoms with Gasteiger partial charge in [0.1, 0.15) is 0 Å². The molecule has 4 rings (SSSR count). The van der Waals surface area contributed by atoms with Crippen LogP contribution in [0.3, 0.4) is 0 Å². The van der Waals surface area contributed by atoms with E-state index in [-0.39, 0.29) is 29.9 Å². The van der Waals surface area contributed by atoms with Crippen LogP contribution in [0, 0.1) is 0 Å². The van der Waals surface area contributed by atoms with Crippen molar-refractivity contribution in [2.75, 3.05) is 27.3 Å². The topological polar surface area (TPSA) is 129 Å². The van der Waals surface area contributed by atoms with E-state index in [9.17, 15) is 14.4 Å². The predicted octanol–water partition coefficient (Wildman–Crippen LogP) is 2.30. The number of pyridine rings is 1. The van der Waals surface area contributed by atoms with Gasteiger partial charge in [-0.15, -0.1) is 5.10 Å². The number of carbonyl (C=O) groups excluding carboxylic acids is 3. The Morgan fingerprint density at radius 2 is 1.86 bits per heavy atom. The normalized spacial score (nSPS) is 18.1. The second kappa shape index (κ2) is 11.3. The molecule has 0 radical (unpaired) electrons. The Labute approximate surface area is 214 Å². The standard InChI is InChI=1S/C26H30N6O5/c1-5-16(2)14-31-15-19(32-23(26(35)37-4)22(29-30-32)25(34)36-3)12-21(31)24(33)27-13-18-11-10-17-8-6-7-9-20(17)28-18/h5-11,19,21H,12-15H2,1-4H3,(H,27,33)/t19-,21-/m0/s1. The van der Waals surface area contributed by atoms with Crippen molar-refractivity contribution >= 4 is 28.7 Å². The smallest absolute Gasteiger partial charge is 0.361 e. The van der Waals surface area contributed by atoms with Crippen LogP contribution in [-0.2, 0) is 20.8 Å². The number of benzene rings is 1. The largest absolute Gasteiger partial charge is 0.464 e. The number of fused-ring (bicyclic) bond motifs is 1. The van der Waals surface area contributed by atoms with Crippen LogP contribution in [0.4, 0.5) is 0 Å². The minimum absolute atomic E-state index is 0.0940. The van der Waals surface area contributed by atoms with E-state index < -0.39 is 18.0 Å². The minimum atomic E-state index is -0.788. The highest BCUT2D eigenvalue weighted by Gasteiger charge is 2.41. The second-order valence-electron chi connectivity index (χ2n) is 8.90. The lowest BCUT2D eigenvalue weighted by atomic mass is 10.1. The first-order valence-electron chi connectivity index (χ1n) is 12.0. The summed E-state index contributed by atoms with van der Waals surface area (Å²) in [5.74, 6) is -1.70. The maximum absolute atomic E-state index is 13.4. The Kier molecular flexibility index (Phi) is 7.92. The molecule has 0 spiro atoms. The first-order valence-corrected chi connectivity index (χ1v) is 12.0. The van der Waals surface area contributed by atoms with Gasteiger partial charge in [-0.05, 0) is 32.4 Å². The lowest BCUT2D eigenvalue weighted by Gasteiger charge is -2.23. The average molecular weight is 507 g/mol. The van der Waals surface area contributed by atoms with Crippen LogP contribution in [0.15, 0.2) is 48.0 Å². The van der Waals surface area contributed by atoms with Crippen LogP contribution in [0.25, 0.3) is 10.9 Å². The summed E-state index contributed by atoms with van der Waals surface area (Å²) in [6.07, 6.45) is 2.36. The molecule has 1 fully saturated rings. The van der Waals surface area contributed by atoms with Crippen molar-refractivity contribution in [1.82, 2.24) is 30.2 Å². The van der Waals surface area contributed by atoms with Crippen molar-refractivity contribution in [3.8, 4) is 0 Å². The summed E-state index contributed by atoms with van der Waals surface area (Å²) < 4.78 is 11.0. The van der Waals surface area contributed by atoms with Crippen LogP contribution in [0.2, 0.25) is 0 Å². The van der Waals surface area contributed by atoms with Gasteiger partial charge in [-0.25, -0.2) is 14.3 Å². The molecule has 3 heterocycles. The number of likely N-dealkylation sites (tertiary alicyclic amines) is 1. The molecule has 37 heavy (non-hydrogen) atoms. The Morgan fingerprint density at radius 3 is 2.59 bits per heavy atom. The van der Waals surface area contributed by atoms with E-state index >= 15 is 0 Å². The Morgan fingerprint density at radius 1 is 1.11 bits per heavy atom.